The fraction of sp³-hybridized carbons (Fsp3) is 0.500. The maximum absolute atomic E-state index is 2.56. The van der Waals surface area contributed by atoms with E-state index >= 15 is 0 Å². The molecule has 0 bridgehead atoms. The van der Waals surface area contributed by atoms with Crippen LogP contribution in [-0.4, -0.2) is 36.2 Å². The zero-order chi connectivity index (χ0) is 18.0. The second-order valence-corrected chi connectivity index (χ2v) is 7.91. The van der Waals surface area contributed by atoms with Crippen LogP contribution in [0.1, 0.15) is 32.4 Å². The number of halogens is 2. The number of hydrogen-bond acceptors (Lipinski definition) is 0. The first-order valence-electron chi connectivity index (χ1n) is 9.70. The maximum Gasteiger partial charge on any atom is 0.202 e. The van der Waals surface area contributed by atoms with Gasteiger partial charge in [-0.1, -0.05) is 32.0 Å². The third-order valence-corrected chi connectivity index (χ3v) is 5.43. The molecule has 2 aromatic heterocycles. The maximum atomic E-state index is 2.56. The van der Waals surface area contributed by atoms with E-state index in [2.05, 4.69) is 80.5 Å². The van der Waals surface area contributed by atoms with Crippen LogP contribution in [0.25, 0.3) is 21.8 Å². The number of rotatable bonds is 7. The highest BCUT2D eigenvalue weighted by Crippen LogP contribution is 2.29. The third kappa shape index (κ3) is 4.93. The second-order valence-electron chi connectivity index (χ2n) is 7.91. The van der Waals surface area contributed by atoms with Crippen LogP contribution in [0.2, 0.25) is 0 Å². The van der Waals surface area contributed by atoms with Gasteiger partial charge in [-0.2, -0.15) is 0 Å². The lowest BCUT2D eigenvalue weighted by molar-refractivity contribution is -0.890. The van der Waals surface area contributed by atoms with E-state index in [1.54, 1.807) is 0 Å². The van der Waals surface area contributed by atoms with Crippen LogP contribution in [-0.2, 0) is 13.1 Å². The van der Waals surface area contributed by atoms with E-state index in [0.29, 0.717) is 0 Å². The summed E-state index contributed by atoms with van der Waals surface area (Å²) in [6, 6.07) is 11.2. The van der Waals surface area contributed by atoms with Crippen molar-refractivity contribution in [3.8, 4) is 0 Å². The van der Waals surface area contributed by atoms with E-state index < -0.39 is 0 Å². The van der Waals surface area contributed by atoms with E-state index in [0.717, 1.165) is 30.5 Å². The number of quaternary nitrogens is 1. The molecule has 1 aromatic carbocycles. The van der Waals surface area contributed by atoms with Crippen molar-refractivity contribution in [2.24, 2.45) is 0 Å². The highest BCUT2D eigenvalue weighted by Gasteiger charge is 2.21. The van der Waals surface area contributed by atoms with Crippen molar-refractivity contribution < 1.29 is 43.0 Å². The lowest BCUT2D eigenvalue weighted by Crippen LogP contribution is -3.00. The Balaban J connectivity index is 0.00000182. The number of aromatic nitrogens is 2. The van der Waals surface area contributed by atoms with Gasteiger partial charge in [0.15, 0.2) is 6.20 Å². The van der Waals surface area contributed by atoms with Gasteiger partial charge in [-0.15, -0.1) is 0 Å². The summed E-state index contributed by atoms with van der Waals surface area (Å²) in [5, 5.41) is 2.77. The average molecular weight is 499 g/mol. The molecule has 3 rings (SSSR count). The van der Waals surface area contributed by atoms with Crippen molar-refractivity contribution in [1.82, 2.24) is 4.57 Å². The van der Waals surface area contributed by atoms with Crippen LogP contribution in [0.4, 0.5) is 0 Å². The zero-order valence-corrected chi connectivity index (χ0v) is 20.5. The molecule has 0 atom stereocenters. The minimum Gasteiger partial charge on any atom is -1.00 e. The van der Waals surface area contributed by atoms with Gasteiger partial charge in [-0.25, -0.2) is 4.57 Å². The summed E-state index contributed by atoms with van der Waals surface area (Å²) in [5.41, 5.74) is 4.16. The number of nitrogens with zero attached hydrogens (tertiary/aromatic N) is 3. The van der Waals surface area contributed by atoms with Gasteiger partial charge < -0.3 is 43.0 Å². The van der Waals surface area contributed by atoms with Crippen molar-refractivity contribution in [2.75, 3.05) is 27.2 Å². The van der Waals surface area contributed by atoms with Gasteiger partial charge in [0.1, 0.15) is 12.1 Å². The molecule has 0 unspecified atom stereocenters. The van der Waals surface area contributed by atoms with E-state index in [-0.39, 0.29) is 34.0 Å². The van der Waals surface area contributed by atoms with Crippen molar-refractivity contribution in [2.45, 2.75) is 46.7 Å². The number of para-hydroxylation sites is 1. The van der Waals surface area contributed by atoms with E-state index in [1.807, 2.05) is 0 Å². The molecule has 3 aromatic rings. The van der Waals surface area contributed by atoms with Gasteiger partial charge in [0.05, 0.1) is 33.7 Å². The fourth-order valence-corrected chi connectivity index (χ4v) is 4.10. The number of pyridine rings is 1. The molecular weight excluding hydrogens is 466 g/mol. The topological polar surface area (TPSA) is 8.81 Å². The molecule has 3 nitrogen and oxygen atoms in total. The molecule has 0 saturated heterocycles. The Kier molecular flexibility index (Phi) is 8.97. The molecular formula is C22H33Br2N3. The number of likely N-dealkylation sites (N-methyl/N-ethyl adjacent to an activating group) is 1. The van der Waals surface area contributed by atoms with Gasteiger partial charge in [0.2, 0.25) is 5.69 Å². The molecule has 0 saturated carbocycles. The minimum atomic E-state index is 0. The molecule has 27 heavy (non-hydrogen) atoms. The second kappa shape index (κ2) is 10.0. The van der Waals surface area contributed by atoms with E-state index in [1.165, 1.54) is 40.5 Å². The summed E-state index contributed by atoms with van der Waals surface area (Å²) in [6.07, 6.45) is 4.66. The van der Waals surface area contributed by atoms with Crippen LogP contribution in [0.5, 0.6) is 0 Å². The lowest BCUT2D eigenvalue weighted by atomic mass is 10.1. The SMILES string of the molecule is CCC[n+]1ccc2c3ccccc3n(CC[N+](C)(C)CCC)c2c1C.[Br-].[Br-]. The molecule has 0 spiro atoms. The minimum absolute atomic E-state index is 0. The average Bonchev–Trinajstić information content (AvgIpc) is 2.90. The van der Waals surface area contributed by atoms with Crippen molar-refractivity contribution in [1.29, 1.82) is 0 Å². The fourth-order valence-electron chi connectivity index (χ4n) is 4.10. The van der Waals surface area contributed by atoms with Crippen LogP contribution >= 0.6 is 0 Å². The van der Waals surface area contributed by atoms with Crippen molar-refractivity contribution in [3.63, 3.8) is 0 Å². The Morgan fingerprint density at radius 3 is 2.30 bits per heavy atom. The van der Waals surface area contributed by atoms with Gasteiger partial charge >= 0.3 is 0 Å². The molecule has 0 fully saturated rings. The number of fused-ring (bicyclic) bond motifs is 3. The van der Waals surface area contributed by atoms with Gasteiger partial charge in [0, 0.05) is 35.7 Å². The van der Waals surface area contributed by atoms with Gasteiger partial charge in [0.25, 0.3) is 0 Å². The number of benzene rings is 1. The van der Waals surface area contributed by atoms with E-state index in [9.17, 15) is 0 Å². The van der Waals surface area contributed by atoms with Crippen LogP contribution in [0.3, 0.4) is 0 Å². The van der Waals surface area contributed by atoms with Crippen LogP contribution in [0.15, 0.2) is 36.5 Å². The summed E-state index contributed by atoms with van der Waals surface area (Å²) in [4.78, 5) is 0. The summed E-state index contributed by atoms with van der Waals surface area (Å²) in [5.74, 6) is 0. The highest BCUT2D eigenvalue weighted by molar-refractivity contribution is 6.08. The molecule has 150 valence electrons. The molecule has 0 aliphatic rings. The van der Waals surface area contributed by atoms with Crippen LogP contribution < -0.4 is 38.5 Å². The zero-order valence-electron chi connectivity index (χ0n) is 17.3. The number of aryl methyl sites for hydroxylation is 2. The summed E-state index contributed by atoms with van der Waals surface area (Å²) >= 11 is 0. The Morgan fingerprint density at radius 2 is 1.63 bits per heavy atom. The summed E-state index contributed by atoms with van der Waals surface area (Å²) in [7, 11) is 4.70. The summed E-state index contributed by atoms with van der Waals surface area (Å²) in [6.45, 7) is 11.3. The Hall–Kier alpha value is -0.910. The Morgan fingerprint density at radius 1 is 0.926 bits per heavy atom. The monoisotopic (exact) mass is 497 g/mol. The largest absolute Gasteiger partial charge is 1.00 e. The molecule has 0 radical (unpaired) electrons. The molecule has 0 aliphatic carbocycles. The predicted octanol–water partition coefficient (Wildman–Crippen LogP) is -1.71. The first-order valence-corrected chi connectivity index (χ1v) is 9.70. The molecule has 5 heteroatoms. The first-order chi connectivity index (χ1) is 12.0. The van der Waals surface area contributed by atoms with Crippen molar-refractivity contribution >= 4 is 21.8 Å². The Bertz CT molecular complexity index is 884. The quantitative estimate of drug-likeness (QED) is 0.271. The normalized spacial score (nSPS) is 11.4. The van der Waals surface area contributed by atoms with Crippen LogP contribution in [0, 0.1) is 6.92 Å². The first kappa shape index (κ1) is 24.1. The Labute approximate surface area is 185 Å². The summed E-state index contributed by atoms with van der Waals surface area (Å²) < 4.78 is 6.04. The van der Waals surface area contributed by atoms with Crippen molar-refractivity contribution in [3.05, 3.63) is 42.2 Å². The van der Waals surface area contributed by atoms with E-state index in [4.69, 9.17) is 0 Å². The van der Waals surface area contributed by atoms with Gasteiger partial charge in [-0.3, -0.25) is 0 Å². The molecule has 0 aliphatic heterocycles. The molecule has 2 heterocycles. The van der Waals surface area contributed by atoms with Gasteiger partial charge in [-0.05, 0) is 12.5 Å². The molecule has 0 N–H and O–H groups in total. The standard InChI is InChI=1S/C22H33N3.2BrH/c1-6-13-23-14-12-20-19-10-8-9-11-21(19)24(22(20)18(23)3)15-17-25(4,5)16-7-2;;/h8-12,14H,6-7,13,15-17H2,1-5H3;2*1H/q+2;;/p-2. The lowest BCUT2D eigenvalue weighted by Gasteiger charge is -2.29. The number of hydrogen-bond donors (Lipinski definition) is 0. The third-order valence-electron chi connectivity index (χ3n) is 5.43. The smallest absolute Gasteiger partial charge is 0.202 e. The predicted molar refractivity (Wildman–Crippen MR) is 107 cm³/mol. The highest BCUT2D eigenvalue weighted by atomic mass is 79.9. The molecule has 0 amide bonds.